The molecule has 0 heterocycles. The van der Waals surface area contributed by atoms with E-state index in [0.717, 1.165) is 28.7 Å². The van der Waals surface area contributed by atoms with Crippen molar-refractivity contribution in [2.24, 2.45) is 5.92 Å². The van der Waals surface area contributed by atoms with Gasteiger partial charge in [0.25, 0.3) is 0 Å². The maximum atomic E-state index is 11.0. The standard InChI is InChI=1S/C19H20O2/c1-15(2)18(13-20)12-16-8-10-19(11-9-16)21-14-17-6-4-3-5-7-17/h3-13,15H,14H2,1-2H3. The number of carbonyl (C=O) groups excluding carboxylic acids is 1. The SMILES string of the molecule is CC(C)C(C=O)=Cc1ccc(OCc2ccccc2)cc1. The second kappa shape index (κ2) is 7.44. The summed E-state index contributed by atoms with van der Waals surface area (Å²) >= 11 is 0. The fourth-order valence-electron chi connectivity index (χ4n) is 1.93. The lowest BCUT2D eigenvalue weighted by atomic mass is 10.0. The van der Waals surface area contributed by atoms with Crippen molar-refractivity contribution in [3.05, 3.63) is 71.3 Å². The Balaban J connectivity index is 2.00. The molecule has 0 saturated carbocycles. The highest BCUT2D eigenvalue weighted by molar-refractivity contribution is 5.82. The average Bonchev–Trinajstić information content (AvgIpc) is 2.52. The van der Waals surface area contributed by atoms with E-state index in [-0.39, 0.29) is 5.92 Å². The predicted molar refractivity (Wildman–Crippen MR) is 86.1 cm³/mol. The van der Waals surface area contributed by atoms with E-state index >= 15 is 0 Å². The summed E-state index contributed by atoms with van der Waals surface area (Å²) in [5.74, 6) is 1.06. The van der Waals surface area contributed by atoms with E-state index in [1.54, 1.807) is 0 Å². The summed E-state index contributed by atoms with van der Waals surface area (Å²) in [5.41, 5.74) is 2.95. The van der Waals surface area contributed by atoms with Crippen LogP contribution in [0.25, 0.3) is 6.08 Å². The van der Waals surface area contributed by atoms with Crippen LogP contribution >= 0.6 is 0 Å². The van der Waals surface area contributed by atoms with Crippen LogP contribution in [0.15, 0.2) is 60.2 Å². The average molecular weight is 280 g/mol. The van der Waals surface area contributed by atoms with Gasteiger partial charge in [0.15, 0.2) is 0 Å². The molecule has 0 bridgehead atoms. The molecule has 0 aromatic heterocycles. The van der Waals surface area contributed by atoms with Gasteiger partial charge >= 0.3 is 0 Å². The summed E-state index contributed by atoms with van der Waals surface area (Å²) in [7, 11) is 0. The van der Waals surface area contributed by atoms with Crippen molar-refractivity contribution in [2.45, 2.75) is 20.5 Å². The van der Waals surface area contributed by atoms with Crippen molar-refractivity contribution < 1.29 is 9.53 Å². The molecule has 0 aliphatic heterocycles. The van der Waals surface area contributed by atoms with Crippen LogP contribution in [0.1, 0.15) is 25.0 Å². The molecule has 2 heteroatoms. The molecule has 2 aromatic rings. The van der Waals surface area contributed by atoms with Crippen LogP contribution in [0.4, 0.5) is 0 Å². The molecule has 0 saturated heterocycles. The van der Waals surface area contributed by atoms with Crippen molar-refractivity contribution in [3.63, 3.8) is 0 Å². The van der Waals surface area contributed by atoms with E-state index in [9.17, 15) is 4.79 Å². The van der Waals surface area contributed by atoms with Gasteiger partial charge in [-0.25, -0.2) is 0 Å². The molecule has 0 aliphatic carbocycles. The van der Waals surface area contributed by atoms with Crippen molar-refractivity contribution in [1.82, 2.24) is 0 Å². The quantitative estimate of drug-likeness (QED) is 0.575. The topological polar surface area (TPSA) is 26.3 Å². The van der Waals surface area contributed by atoms with E-state index in [0.29, 0.717) is 6.61 Å². The minimum absolute atomic E-state index is 0.233. The number of aldehydes is 1. The van der Waals surface area contributed by atoms with Crippen LogP contribution in [-0.4, -0.2) is 6.29 Å². The van der Waals surface area contributed by atoms with Gasteiger partial charge in [0, 0.05) is 0 Å². The van der Waals surface area contributed by atoms with Gasteiger partial charge in [0.1, 0.15) is 18.6 Å². The molecule has 21 heavy (non-hydrogen) atoms. The number of hydrogen-bond donors (Lipinski definition) is 0. The van der Waals surface area contributed by atoms with Crippen LogP contribution in [0.5, 0.6) is 5.75 Å². The fraction of sp³-hybridized carbons (Fsp3) is 0.211. The lowest BCUT2D eigenvalue weighted by Gasteiger charge is -2.07. The molecule has 0 atom stereocenters. The van der Waals surface area contributed by atoms with Crippen LogP contribution in [0, 0.1) is 5.92 Å². The molecule has 0 amide bonds. The molecule has 2 rings (SSSR count). The summed E-state index contributed by atoms with van der Waals surface area (Å²) in [5, 5.41) is 0. The molecule has 0 spiro atoms. The highest BCUT2D eigenvalue weighted by atomic mass is 16.5. The molecule has 0 N–H and O–H groups in total. The van der Waals surface area contributed by atoms with E-state index in [4.69, 9.17) is 4.74 Å². The van der Waals surface area contributed by atoms with Crippen LogP contribution in [0.3, 0.4) is 0 Å². The molecule has 2 nitrogen and oxygen atoms in total. The molecular formula is C19H20O2. The van der Waals surface area contributed by atoms with Gasteiger partial charge in [-0.15, -0.1) is 0 Å². The van der Waals surface area contributed by atoms with Crippen molar-refractivity contribution in [1.29, 1.82) is 0 Å². The molecule has 0 unspecified atom stereocenters. The number of carbonyl (C=O) groups is 1. The lowest BCUT2D eigenvalue weighted by molar-refractivity contribution is -0.105. The van der Waals surface area contributed by atoms with E-state index in [1.165, 1.54) is 0 Å². The fourth-order valence-corrected chi connectivity index (χ4v) is 1.93. The number of rotatable bonds is 6. The van der Waals surface area contributed by atoms with Crippen molar-refractivity contribution >= 4 is 12.4 Å². The van der Waals surface area contributed by atoms with Gasteiger partial charge in [0.2, 0.25) is 0 Å². The number of allylic oxidation sites excluding steroid dienone is 1. The highest BCUT2D eigenvalue weighted by Crippen LogP contribution is 2.17. The van der Waals surface area contributed by atoms with Gasteiger partial charge in [-0.3, -0.25) is 4.79 Å². The Morgan fingerprint density at radius 3 is 2.29 bits per heavy atom. The van der Waals surface area contributed by atoms with E-state index in [2.05, 4.69) is 0 Å². The predicted octanol–water partition coefficient (Wildman–Crippen LogP) is 4.50. The summed E-state index contributed by atoms with van der Waals surface area (Å²) < 4.78 is 5.74. The molecule has 0 radical (unpaired) electrons. The van der Waals surface area contributed by atoms with Gasteiger partial charge in [0.05, 0.1) is 0 Å². The molecule has 0 aliphatic rings. The van der Waals surface area contributed by atoms with Gasteiger partial charge in [-0.05, 0) is 40.8 Å². The Kier molecular flexibility index (Phi) is 5.33. The molecule has 2 aromatic carbocycles. The zero-order valence-electron chi connectivity index (χ0n) is 12.5. The van der Waals surface area contributed by atoms with Crippen LogP contribution in [-0.2, 0) is 11.4 Å². The van der Waals surface area contributed by atoms with E-state index < -0.39 is 0 Å². The first kappa shape index (κ1) is 15.0. The number of benzene rings is 2. The van der Waals surface area contributed by atoms with E-state index in [1.807, 2.05) is 74.5 Å². The summed E-state index contributed by atoms with van der Waals surface area (Å²) in [4.78, 5) is 11.0. The van der Waals surface area contributed by atoms with Gasteiger partial charge in [-0.1, -0.05) is 56.3 Å². The largest absolute Gasteiger partial charge is 0.489 e. The maximum absolute atomic E-state index is 11.0. The Morgan fingerprint density at radius 1 is 1.05 bits per heavy atom. The summed E-state index contributed by atoms with van der Waals surface area (Å²) in [6.07, 6.45) is 2.84. The number of hydrogen-bond acceptors (Lipinski definition) is 2. The van der Waals surface area contributed by atoms with Gasteiger partial charge in [-0.2, -0.15) is 0 Å². The monoisotopic (exact) mass is 280 g/mol. The Labute approximate surface area is 126 Å². The number of ether oxygens (including phenoxy) is 1. The zero-order valence-corrected chi connectivity index (χ0v) is 12.5. The van der Waals surface area contributed by atoms with Crippen LogP contribution < -0.4 is 4.74 Å². The second-order valence-corrected chi connectivity index (χ2v) is 5.26. The Morgan fingerprint density at radius 2 is 1.71 bits per heavy atom. The third-order valence-corrected chi connectivity index (χ3v) is 3.26. The second-order valence-electron chi connectivity index (χ2n) is 5.26. The maximum Gasteiger partial charge on any atom is 0.146 e. The Hall–Kier alpha value is -2.35. The lowest BCUT2D eigenvalue weighted by Crippen LogP contribution is -1.96. The normalized spacial score (nSPS) is 11.5. The van der Waals surface area contributed by atoms with Crippen LogP contribution in [0.2, 0.25) is 0 Å². The molecule has 108 valence electrons. The first-order valence-electron chi connectivity index (χ1n) is 7.12. The summed E-state index contributed by atoms with van der Waals surface area (Å²) in [6.45, 7) is 4.58. The third-order valence-electron chi connectivity index (χ3n) is 3.26. The Bertz CT molecular complexity index is 595. The zero-order chi connectivity index (χ0) is 15.1. The minimum Gasteiger partial charge on any atom is -0.489 e. The first-order valence-corrected chi connectivity index (χ1v) is 7.12. The highest BCUT2D eigenvalue weighted by Gasteiger charge is 2.02. The minimum atomic E-state index is 0.233. The summed E-state index contributed by atoms with van der Waals surface area (Å²) in [6, 6.07) is 17.8. The van der Waals surface area contributed by atoms with Crippen molar-refractivity contribution in [2.75, 3.05) is 0 Å². The third kappa shape index (κ3) is 4.60. The molecule has 0 fully saturated rings. The molecular weight excluding hydrogens is 260 g/mol. The smallest absolute Gasteiger partial charge is 0.146 e. The first-order chi connectivity index (χ1) is 10.2. The van der Waals surface area contributed by atoms with Gasteiger partial charge < -0.3 is 4.74 Å². The van der Waals surface area contributed by atoms with Crippen molar-refractivity contribution in [3.8, 4) is 5.75 Å².